The van der Waals surface area contributed by atoms with Crippen LogP contribution in [-0.2, 0) is 4.74 Å². The number of nitrogens with zero attached hydrogens (tertiary/aromatic N) is 4. The highest BCUT2D eigenvalue weighted by Crippen LogP contribution is 2.11. The van der Waals surface area contributed by atoms with Gasteiger partial charge in [0, 0.05) is 51.9 Å². The quantitative estimate of drug-likeness (QED) is 0.457. The first-order valence-electron chi connectivity index (χ1n) is 11.3. The summed E-state index contributed by atoms with van der Waals surface area (Å²) in [5.41, 5.74) is -0.492. The fraction of sp³-hybridized carbons (Fsp3) is 0.909. The molecule has 0 spiro atoms. The van der Waals surface area contributed by atoms with E-state index in [1.807, 2.05) is 20.8 Å². The number of hydrogen-bond donors (Lipinski definition) is 2. The van der Waals surface area contributed by atoms with Crippen LogP contribution in [0.3, 0.4) is 0 Å². The summed E-state index contributed by atoms with van der Waals surface area (Å²) in [5, 5.41) is 6.44. The minimum Gasteiger partial charge on any atom is -0.444 e. The van der Waals surface area contributed by atoms with Gasteiger partial charge in [-0.2, -0.15) is 0 Å². The zero-order chi connectivity index (χ0) is 22.9. The van der Waals surface area contributed by atoms with Crippen molar-refractivity contribution in [3.05, 3.63) is 0 Å². The van der Waals surface area contributed by atoms with E-state index in [0.29, 0.717) is 12.0 Å². The summed E-state index contributed by atoms with van der Waals surface area (Å²) >= 11 is 0. The number of carbonyl (C=O) groups excluding carboxylic acids is 1. The average Bonchev–Trinajstić information content (AvgIpc) is 2.62. The monoisotopic (exact) mass is 426 g/mol. The molecule has 1 heterocycles. The summed E-state index contributed by atoms with van der Waals surface area (Å²) in [5.74, 6) is 1.23. The predicted molar refractivity (Wildman–Crippen MR) is 125 cm³/mol. The second-order valence-electron chi connectivity index (χ2n) is 9.80. The molecule has 176 valence electrons. The molecule has 0 bridgehead atoms. The Morgan fingerprint density at radius 1 is 1.27 bits per heavy atom. The number of aliphatic imine (C=N–C) groups is 1. The Morgan fingerprint density at radius 3 is 2.50 bits per heavy atom. The lowest BCUT2D eigenvalue weighted by Crippen LogP contribution is -2.52. The number of piperazine rings is 1. The van der Waals surface area contributed by atoms with Crippen LogP contribution in [0.1, 0.15) is 48.0 Å². The van der Waals surface area contributed by atoms with Crippen LogP contribution in [0, 0.1) is 5.92 Å². The molecule has 0 aliphatic carbocycles. The molecule has 8 heteroatoms. The van der Waals surface area contributed by atoms with Gasteiger partial charge in [0.15, 0.2) is 5.96 Å². The number of amides is 1. The van der Waals surface area contributed by atoms with Crippen molar-refractivity contribution >= 4 is 12.1 Å². The van der Waals surface area contributed by atoms with Gasteiger partial charge in [-0.3, -0.25) is 9.89 Å². The normalized spacial score (nSPS) is 20.2. The third-order valence-corrected chi connectivity index (χ3v) is 5.41. The third-order valence-electron chi connectivity index (χ3n) is 5.41. The Bertz CT molecular complexity index is 546. The summed E-state index contributed by atoms with van der Waals surface area (Å²) in [7, 11) is 6.41. The number of guanidine groups is 1. The Balaban J connectivity index is 2.66. The lowest BCUT2D eigenvalue weighted by atomic mass is 10.0. The first kappa shape index (κ1) is 26.5. The van der Waals surface area contributed by atoms with Crippen molar-refractivity contribution in [2.75, 3.05) is 60.4 Å². The Morgan fingerprint density at radius 2 is 1.93 bits per heavy atom. The van der Waals surface area contributed by atoms with Crippen molar-refractivity contribution < 1.29 is 9.53 Å². The van der Waals surface area contributed by atoms with Gasteiger partial charge in [-0.15, -0.1) is 0 Å². The molecule has 30 heavy (non-hydrogen) atoms. The maximum Gasteiger partial charge on any atom is 0.407 e. The van der Waals surface area contributed by atoms with E-state index in [4.69, 9.17) is 9.73 Å². The van der Waals surface area contributed by atoms with E-state index < -0.39 is 5.60 Å². The summed E-state index contributed by atoms with van der Waals surface area (Å²) in [6, 6.07) is 0.478. The van der Waals surface area contributed by atoms with Crippen molar-refractivity contribution in [1.29, 1.82) is 0 Å². The van der Waals surface area contributed by atoms with Crippen LogP contribution in [0.15, 0.2) is 4.99 Å². The Hall–Kier alpha value is -1.54. The van der Waals surface area contributed by atoms with Gasteiger partial charge < -0.3 is 25.2 Å². The maximum atomic E-state index is 12.2. The fourth-order valence-electron chi connectivity index (χ4n) is 3.43. The van der Waals surface area contributed by atoms with Crippen LogP contribution in [-0.4, -0.2) is 105 Å². The lowest BCUT2D eigenvalue weighted by molar-refractivity contribution is 0.0486. The number of hydrogen-bond acceptors (Lipinski definition) is 5. The summed E-state index contributed by atoms with van der Waals surface area (Å²) in [6.45, 7) is 17.6. The van der Waals surface area contributed by atoms with Gasteiger partial charge >= 0.3 is 6.09 Å². The highest BCUT2D eigenvalue weighted by molar-refractivity contribution is 5.79. The topological polar surface area (TPSA) is 72.4 Å². The standard InChI is InChI=1S/C22H46N6O2/c1-10-23-20(24-15-18-16-26(7)13-14-27(18)8)28(9)12-11-19(17(2)3)25-21(29)30-22(4,5)6/h17-19H,10-16H2,1-9H3,(H,23,24)(H,25,29). The lowest BCUT2D eigenvalue weighted by Gasteiger charge is -2.37. The van der Waals surface area contributed by atoms with Gasteiger partial charge in [-0.25, -0.2) is 4.79 Å². The molecule has 1 aliphatic heterocycles. The second-order valence-corrected chi connectivity index (χ2v) is 9.80. The molecule has 1 aliphatic rings. The van der Waals surface area contributed by atoms with Crippen LogP contribution in [0.2, 0.25) is 0 Å². The van der Waals surface area contributed by atoms with Gasteiger partial charge in [-0.1, -0.05) is 13.8 Å². The number of carbonyl (C=O) groups is 1. The van der Waals surface area contributed by atoms with E-state index in [1.165, 1.54) is 0 Å². The molecule has 1 saturated heterocycles. The molecule has 0 radical (unpaired) electrons. The van der Waals surface area contributed by atoms with Gasteiger partial charge in [0.1, 0.15) is 5.60 Å². The molecule has 8 nitrogen and oxygen atoms in total. The van der Waals surface area contributed by atoms with Gasteiger partial charge in [0.05, 0.1) is 6.54 Å². The van der Waals surface area contributed by atoms with Crippen molar-refractivity contribution in [2.24, 2.45) is 10.9 Å². The van der Waals surface area contributed by atoms with E-state index in [2.05, 4.69) is 67.2 Å². The molecule has 0 saturated carbocycles. The minimum atomic E-state index is -0.492. The zero-order valence-corrected chi connectivity index (χ0v) is 20.8. The maximum absolute atomic E-state index is 12.2. The molecular weight excluding hydrogens is 380 g/mol. The summed E-state index contributed by atoms with van der Waals surface area (Å²) < 4.78 is 5.43. The van der Waals surface area contributed by atoms with Gasteiger partial charge in [-0.05, 0) is 54.1 Å². The molecular formula is C22H46N6O2. The van der Waals surface area contributed by atoms with Crippen molar-refractivity contribution in [3.63, 3.8) is 0 Å². The van der Waals surface area contributed by atoms with E-state index in [0.717, 1.165) is 51.6 Å². The highest BCUT2D eigenvalue weighted by atomic mass is 16.6. The van der Waals surface area contributed by atoms with Crippen LogP contribution < -0.4 is 10.6 Å². The molecule has 2 N–H and O–H groups in total. The number of alkyl carbamates (subject to hydrolysis) is 1. The van der Waals surface area contributed by atoms with Crippen LogP contribution in [0.25, 0.3) is 0 Å². The molecule has 1 rings (SSSR count). The Kier molecular flexibility index (Phi) is 10.9. The van der Waals surface area contributed by atoms with Crippen LogP contribution in [0.4, 0.5) is 4.79 Å². The number of likely N-dealkylation sites (N-methyl/N-ethyl adjacent to an activating group) is 2. The summed E-state index contributed by atoms with van der Waals surface area (Å²) in [6.07, 6.45) is 0.470. The summed E-state index contributed by atoms with van der Waals surface area (Å²) in [4.78, 5) is 24.0. The fourth-order valence-corrected chi connectivity index (χ4v) is 3.43. The second kappa shape index (κ2) is 12.3. The van der Waals surface area contributed by atoms with Gasteiger partial charge in [0.25, 0.3) is 0 Å². The smallest absolute Gasteiger partial charge is 0.407 e. The third kappa shape index (κ3) is 9.98. The molecule has 0 aromatic carbocycles. The van der Waals surface area contributed by atoms with E-state index in [-0.39, 0.29) is 12.1 Å². The molecule has 2 unspecified atom stereocenters. The minimum absolute atomic E-state index is 0.0447. The van der Waals surface area contributed by atoms with E-state index in [1.54, 1.807) is 0 Å². The first-order valence-corrected chi connectivity index (χ1v) is 11.3. The van der Waals surface area contributed by atoms with E-state index >= 15 is 0 Å². The average molecular weight is 427 g/mol. The van der Waals surface area contributed by atoms with Crippen LogP contribution in [0.5, 0.6) is 0 Å². The van der Waals surface area contributed by atoms with Gasteiger partial charge in [0.2, 0.25) is 0 Å². The molecule has 0 aromatic rings. The highest BCUT2D eigenvalue weighted by Gasteiger charge is 2.23. The van der Waals surface area contributed by atoms with Crippen LogP contribution >= 0.6 is 0 Å². The Labute approximate surface area is 184 Å². The van der Waals surface area contributed by atoms with Crippen molar-refractivity contribution in [3.8, 4) is 0 Å². The zero-order valence-electron chi connectivity index (χ0n) is 20.8. The molecule has 1 amide bonds. The number of nitrogens with one attached hydrogen (secondary N) is 2. The van der Waals surface area contributed by atoms with E-state index in [9.17, 15) is 4.79 Å². The SMILES string of the molecule is CCNC(=NCC1CN(C)CCN1C)N(C)CCC(NC(=O)OC(C)(C)C)C(C)C. The number of ether oxygens (including phenoxy) is 1. The number of rotatable bonds is 8. The van der Waals surface area contributed by atoms with Crippen molar-refractivity contribution in [1.82, 2.24) is 25.3 Å². The largest absolute Gasteiger partial charge is 0.444 e. The molecule has 0 aromatic heterocycles. The first-order chi connectivity index (χ1) is 13.9. The molecule has 2 atom stereocenters. The predicted octanol–water partition coefficient (Wildman–Crippen LogP) is 2.07. The van der Waals surface area contributed by atoms with Crippen molar-refractivity contribution in [2.45, 2.75) is 65.6 Å². The molecule has 1 fully saturated rings.